The minimum Gasteiger partial charge on any atom is -0.370 e. The first-order valence-corrected chi connectivity index (χ1v) is 7.52. The minimum atomic E-state index is 0.724. The van der Waals surface area contributed by atoms with Gasteiger partial charge in [0.1, 0.15) is 5.82 Å². The summed E-state index contributed by atoms with van der Waals surface area (Å²) in [6, 6.07) is 2.02. The number of nitrogens with one attached hydrogen (secondary N) is 2. The third kappa shape index (κ3) is 4.08. The third-order valence-corrected chi connectivity index (χ3v) is 4.02. The zero-order chi connectivity index (χ0) is 13.7. The van der Waals surface area contributed by atoms with E-state index < -0.39 is 0 Å². The van der Waals surface area contributed by atoms with Crippen molar-refractivity contribution in [3.05, 3.63) is 11.8 Å². The molecular weight excluding hydrogens is 236 g/mol. The second-order valence-electron chi connectivity index (χ2n) is 5.65. The Morgan fingerprint density at radius 1 is 1.21 bits per heavy atom. The van der Waals surface area contributed by atoms with Crippen LogP contribution in [0.3, 0.4) is 0 Å². The molecule has 0 amide bonds. The van der Waals surface area contributed by atoms with Crippen LogP contribution in [0.15, 0.2) is 6.07 Å². The zero-order valence-corrected chi connectivity index (χ0v) is 12.4. The molecule has 0 aliphatic heterocycles. The van der Waals surface area contributed by atoms with E-state index in [9.17, 15) is 0 Å². The van der Waals surface area contributed by atoms with Crippen molar-refractivity contribution in [2.24, 2.45) is 11.8 Å². The van der Waals surface area contributed by atoms with Crippen molar-refractivity contribution in [3.63, 3.8) is 0 Å². The Morgan fingerprint density at radius 3 is 2.74 bits per heavy atom. The third-order valence-electron chi connectivity index (χ3n) is 4.02. The van der Waals surface area contributed by atoms with Crippen LogP contribution in [0.2, 0.25) is 0 Å². The van der Waals surface area contributed by atoms with Crippen molar-refractivity contribution >= 4 is 11.8 Å². The molecule has 2 rings (SSSR count). The van der Waals surface area contributed by atoms with Crippen molar-refractivity contribution < 1.29 is 0 Å². The highest BCUT2D eigenvalue weighted by atomic mass is 15.1. The lowest BCUT2D eigenvalue weighted by molar-refractivity contribution is 0.268. The summed E-state index contributed by atoms with van der Waals surface area (Å²) >= 11 is 0. The van der Waals surface area contributed by atoms with Gasteiger partial charge in [0.25, 0.3) is 0 Å². The fraction of sp³-hybridized carbons (Fsp3) is 0.733. The Hall–Kier alpha value is -1.32. The van der Waals surface area contributed by atoms with Gasteiger partial charge in [-0.25, -0.2) is 4.98 Å². The predicted octanol–water partition coefficient (Wildman–Crippen LogP) is 3.46. The monoisotopic (exact) mass is 262 g/mol. The Balaban J connectivity index is 1.94. The Bertz CT molecular complexity index is 405. The molecule has 1 aliphatic carbocycles. The summed E-state index contributed by atoms with van der Waals surface area (Å²) in [5.74, 6) is 3.28. The predicted molar refractivity (Wildman–Crippen MR) is 80.5 cm³/mol. The van der Waals surface area contributed by atoms with E-state index in [1.807, 2.05) is 13.0 Å². The fourth-order valence-electron chi connectivity index (χ4n) is 2.83. The van der Waals surface area contributed by atoms with Gasteiger partial charge in [-0.2, -0.15) is 4.98 Å². The number of aromatic nitrogens is 2. The van der Waals surface area contributed by atoms with Gasteiger partial charge >= 0.3 is 0 Å². The number of aryl methyl sites for hydroxylation is 1. The maximum atomic E-state index is 4.50. The molecule has 1 aromatic heterocycles. The largest absolute Gasteiger partial charge is 0.370 e. The molecule has 4 heteroatoms. The van der Waals surface area contributed by atoms with Crippen LogP contribution in [0, 0.1) is 18.8 Å². The molecule has 1 aliphatic rings. The quantitative estimate of drug-likeness (QED) is 0.853. The van der Waals surface area contributed by atoms with E-state index in [4.69, 9.17) is 0 Å². The maximum absolute atomic E-state index is 4.50. The van der Waals surface area contributed by atoms with E-state index >= 15 is 0 Å². The van der Waals surface area contributed by atoms with E-state index in [0.29, 0.717) is 0 Å². The van der Waals surface area contributed by atoms with Gasteiger partial charge in [0.05, 0.1) is 0 Å². The highest BCUT2D eigenvalue weighted by Crippen LogP contribution is 2.29. The molecular formula is C15H26N4. The SMILES string of the molecule is CCNc1nc(C)cc(NCC2CCCCC2C)n1. The summed E-state index contributed by atoms with van der Waals surface area (Å²) in [6.45, 7) is 8.33. The highest BCUT2D eigenvalue weighted by molar-refractivity contribution is 5.42. The maximum Gasteiger partial charge on any atom is 0.224 e. The van der Waals surface area contributed by atoms with Crippen LogP contribution in [0.5, 0.6) is 0 Å². The lowest BCUT2D eigenvalue weighted by atomic mass is 9.80. The normalized spacial score (nSPS) is 23.1. The van der Waals surface area contributed by atoms with Crippen LogP contribution in [-0.4, -0.2) is 23.1 Å². The van der Waals surface area contributed by atoms with E-state index in [-0.39, 0.29) is 0 Å². The fourth-order valence-corrected chi connectivity index (χ4v) is 2.83. The van der Waals surface area contributed by atoms with Crippen LogP contribution in [0.1, 0.15) is 45.2 Å². The first-order chi connectivity index (χ1) is 9.19. The molecule has 106 valence electrons. The molecule has 0 aromatic carbocycles. The van der Waals surface area contributed by atoms with E-state index in [2.05, 4.69) is 34.4 Å². The Kier molecular flexibility index (Phi) is 5.00. The molecule has 2 unspecified atom stereocenters. The molecule has 1 fully saturated rings. The first kappa shape index (κ1) is 14.1. The van der Waals surface area contributed by atoms with Crippen molar-refractivity contribution in [2.75, 3.05) is 23.7 Å². The molecule has 0 saturated heterocycles. The molecule has 19 heavy (non-hydrogen) atoms. The first-order valence-electron chi connectivity index (χ1n) is 7.52. The summed E-state index contributed by atoms with van der Waals surface area (Å²) in [7, 11) is 0. The average Bonchev–Trinajstić information content (AvgIpc) is 2.37. The average molecular weight is 262 g/mol. The van der Waals surface area contributed by atoms with Crippen LogP contribution in [0.25, 0.3) is 0 Å². The van der Waals surface area contributed by atoms with Gasteiger partial charge in [-0.3, -0.25) is 0 Å². The summed E-state index contributed by atoms with van der Waals surface area (Å²) < 4.78 is 0. The van der Waals surface area contributed by atoms with Crippen LogP contribution in [-0.2, 0) is 0 Å². The lowest BCUT2D eigenvalue weighted by Gasteiger charge is -2.29. The van der Waals surface area contributed by atoms with Gasteiger partial charge in [0, 0.05) is 24.8 Å². The van der Waals surface area contributed by atoms with Gasteiger partial charge < -0.3 is 10.6 Å². The summed E-state index contributed by atoms with van der Waals surface area (Å²) in [4.78, 5) is 8.87. The van der Waals surface area contributed by atoms with Crippen LogP contribution in [0.4, 0.5) is 11.8 Å². The molecule has 1 heterocycles. The standard InChI is InChI=1S/C15H26N4/c1-4-16-15-18-12(3)9-14(19-15)17-10-13-8-6-5-7-11(13)2/h9,11,13H,4-8,10H2,1-3H3,(H2,16,17,18,19). The van der Waals surface area contributed by atoms with Gasteiger partial charge in [-0.15, -0.1) is 0 Å². The number of rotatable bonds is 5. The van der Waals surface area contributed by atoms with Gasteiger partial charge in [-0.05, 0) is 32.1 Å². The number of nitrogens with zero attached hydrogens (tertiary/aromatic N) is 2. The number of hydrogen-bond acceptors (Lipinski definition) is 4. The van der Waals surface area contributed by atoms with Crippen LogP contribution >= 0.6 is 0 Å². The second kappa shape index (κ2) is 6.73. The number of hydrogen-bond donors (Lipinski definition) is 2. The number of anilines is 2. The smallest absolute Gasteiger partial charge is 0.224 e. The van der Waals surface area contributed by atoms with Gasteiger partial charge in [-0.1, -0.05) is 26.2 Å². The summed E-state index contributed by atoms with van der Waals surface area (Å²) in [6.07, 6.45) is 5.49. The van der Waals surface area contributed by atoms with E-state index in [1.165, 1.54) is 25.7 Å². The van der Waals surface area contributed by atoms with Crippen molar-refractivity contribution in [1.82, 2.24) is 9.97 Å². The molecule has 1 aromatic rings. The van der Waals surface area contributed by atoms with Gasteiger partial charge in [0.15, 0.2) is 0 Å². The van der Waals surface area contributed by atoms with Crippen molar-refractivity contribution in [2.45, 2.75) is 46.5 Å². The van der Waals surface area contributed by atoms with Crippen molar-refractivity contribution in [1.29, 1.82) is 0 Å². The molecule has 1 saturated carbocycles. The van der Waals surface area contributed by atoms with E-state index in [1.54, 1.807) is 0 Å². The minimum absolute atomic E-state index is 0.724. The Labute approximate surface area is 116 Å². The Morgan fingerprint density at radius 2 is 2.00 bits per heavy atom. The second-order valence-corrected chi connectivity index (χ2v) is 5.65. The van der Waals surface area contributed by atoms with Crippen molar-refractivity contribution in [3.8, 4) is 0 Å². The van der Waals surface area contributed by atoms with Gasteiger partial charge in [0.2, 0.25) is 5.95 Å². The molecule has 0 radical (unpaired) electrons. The summed E-state index contributed by atoms with van der Waals surface area (Å²) in [5, 5.41) is 6.67. The van der Waals surface area contributed by atoms with Crippen LogP contribution < -0.4 is 10.6 Å². The topological polar surface area (TPSA) is 49.8 Å². The molecule has 0 bridgehead atoms. The molecule has 2 atom stereocenters. The lowest BCUT2D eigenvalue weighted by Crippen LogP contribution is -2.24. The highest BCUT2D eigenvalue weighted by Gasteiger charge is 2.20. The summed E-state index contributed by atoms with van der Waals surface area (Å²) in [5.41, 5.74) is 1.00. The zero-order valence-electron chi connectivity index (χ0n) is 12.4. The molecule has 0 spiro atoms. The molecule has 2 N–H and O–H groups in total. The molecule has 4 nitrogen and oxygen atoms in total. The van der Waals surface area contributed by atoms with E-state index in [0.717, 1.165) is 42.4 Å².